The van der Waals surface area contributed by atoms with Gasteiger partial charge in [0.05, 0.1) is 16.8 Å². The lowest BCUT2D eigenvalue weighted by atomic mass is 10.0. The summed E-state index contributed by atoms with van der Waals surface area (Å²) in [7, 11) is 1.83. The lowest BCUT2D eigenvalue weighted by Gasteiger charge is -2.13. The molecule has 3 heteroatoms. The summed E-state index contributed by atoms with van der Waals surface area (Å²) in [6.45, 7) is 6.78. The van der Waals surface area contributed by atoms with Crippen molar-refractivity contribution in [2.45, 2.75) is 90.6 Å². The molecule has 1 heterocycles. The molecule has 146 valence electrons. The van der Waals surface area contributed by atoms with Crippen LogP contribution in [-0.4, -0.2) is 18.2 Å². The number of hydrogen-bond donors (Lipinski definition) is 0. The molecule has 2 unspecified atom stereocenters. The number of hydrogen-bond acceptors (Lipinski definition) is 3. The second-order valence-corrected chi connectivity index (χ2v) is 8.76. The summed E-state index contributed by atoms with van der Waals surface area (Å²) in [5, 5.41) is 3.65. The molecule has 2 nitrogen and oxygen atoms in total. The molecule has 1 saturated carbocycles. The van der Waals surface area contributed by atoms with Crippen molar-refractivity contribution in [3.63, 3.8) is 0 Å². The zero-order valence-electron chi connectivity index (χ0n) is 17.2. The second kappa shape index (κ2) is 11.7. The minimum atomic E-state index is 0.418. The maximum Gasteiger partial charge on any atom is 0.0962 e. The quantitative estimate of drug-likeness (QED) is 0.271. The van der Waals surface area contributed by atoms with Crippen LogP contribution in [0, 0.1) is 5.92 Å². The number of rotatable bonds is 13. The van der Waals surface area contributed by atoms with Gasteiger partial charge in [-0.2, -0.15) is 0 Å². The van der Waals surface area contributed by atoms with E-state index in [9.17, 15) is 0 Å². The van der Waals surface area contributed by atoms with Gasteiger partial charge < -0.3 is 4.74 Å². The Labute approximate surface area is 164 Å². The van der Waals surface area contributed by atoms with Crippen molar-refractivity contribution in [2.24, 2.45) is 5.92 Å². The van der Waals surface area contributed by atoms with Crippen molar-refractivity contribution in [1.29, 1.82) is 0 Å². The molecule has 1 aromatic heterocycles. The Morgan fingerprint density at radius 1 is 1.38 bits per heavy atom. The predicted octanol–water partition coefficient (Wildman–Crippen LogP) is 7.08. The number of ether oxygens (including phenoxy) is 1. The Morgan fingerprint density at radius 3 is 2.88 bits per heavy atom. The highest BCUT2D eigenvalue weighted by atomic mass is 32.1. The topological polar surface area (TPSA) is 22.1 Å². The lowest BCUT2D eigenvalue weighted by molar-refractivity contribution is 0.0876. The summed E-state index contributed by atoms with van der Waals surface area (Å²) in [4.78, 5) is 4.82. The largest absolute Gasteiger partial charge is 0.381 e. The van der Waals surface area contributed by atoms with Gasteiger partial charge in [-0.05, 0) is 64.2 Å². The highest BCUT2D eigenvalue weighted by Gasteiger charge is 2.36. The predicted molar refractivity (Wildman–Crippen MR) is 114 cm³/mol. The third-order valence-corrected chi connectivity index (χ3v) is 6.40. The number of nitrogens with zero attached hydrogens (tertiary/aromatic N) is 1. The van der Waals surface area contributed by atoms with Crippen LogP contribution >= 0.6 is 11.3 Å². The molecule has 0 bridgehead atoms. The number of unbranched alkanes of at least 4 members (excludes halogenated alkanes) is 2. The Morgan fingerprint density at radius 2 is 2.19 bits per heavy atom. The minimum Gasteiger partial charge on any atom is -0.381 e. The first-order valence-electron chi connectivity index (χ1n) is 10.4. The minimum absolute atomic E-state index is 0.418. The lowest BCUT2D eigenvalue weighted by Crippen LogP contribution is -2.09. The molecule has 3 atom stereocenters. The summed E-state index contributed by atoms with van der Waals surface area (Å²) in [5.74, 6) is 1.63. The van der Waals surface area contributed by atoms with E-state index in [0.717, 1.165) is 37.5 Å². The Balaban J connectivity index is 1.55. The van der Waals surface area contributed by atoms with Gasteiger partial charge in [-0.25, -0.2) is 4.98 Å². The molecule has 0 spiro atoms. The Kier molecular flexibility index (Phi) is 9.63. The fourth-order valence-electron chi connectivity index (χ4n) is 3.34. The third kappa shape index (κ3) is 7.75. The van der Waals surface area contributed by atoms with Gasteiger partial charge in [0.25, 0.3) is 0 Å². The van der Waals surface area contributed by atoms with Crippen molar-refractivity contribution < 1.29 is 4.74 Å². The van der Waals surface area contributed by atoms with Gasteiger partial charge in [0.1, 0.15) is 0 Å². The number of aryl methyl sites for hydroxylation is 1. The van der Waals surface area contributed by atoms with E-state index in [2.05, 4.69) is 44.4 Å². The average Bonchev–Trinajstić information content (AvgIpc) is 3.18. The molecule has 1 aliphatic carbocycles. The van der Waals surface area contributed by atoms with E-state index in [1.165, 1.54) is 48.4 Å². The van der Waals surface area contributed by atoms with Crippen LogP contribution in [0.1, 0.15) is 88.8 Å². The number of allylic oxidation sites excluding steroid dienone is 4. The smallest absolute Gasteiger partial charge is 0.0962 e. The highest BCUT2D eigenvalue weighted by Crippen LogP contribution is 2.47. The number of aromatic nitrogens is 1. The SMILES string of the molecule is CCC[C@@H](CC/C(C)=C/C=C/CCCCc1csc(C2CC2C)n1)OC. The first-order chi connectivity index (χ1) is 12.6. The summed E-state index contributed by atoms with van der Waals surface area (Å²) in [6.07, 6.45) is 18.0. The molecule has 0 aliphatic heterocycles. The first-order valence-corrected chi connectivity index (χ1v) is 11.3. The zero-order valence-corrected chi connectivity index (χ0v) is 18.0. The molecule has 0 radical (unpaired) electrons. The van der Waals surface area contributed by atoms with E-state index >= 15 is 0 Å². The molecule has 0 N–H and O–H groups in total. The second-order valence-electron chi connectivity index (χ2n) is 7.87. The molecule has 0 amide bonds. The fourth-order valence-corrected chi connectivity index (χ4v) is 4.45. The summed E-state index contributed by atoms with van der Waals surface area (Å²) in [5.41, 5.74) is 2.76. The van der Waals surface area contributed by atoms with Gasteiger partial charge >= 0.3 is 0 Å². The summed E-state index contributed by atoms with van der Waals surface area (Å²) in [6, 6.07) is 0. The molecular weight excluding hydrogens is 338 g/mol. The van der Waals surface area contributed by atoms with Crippen molar-refractivity contribution >= 4 is 11.3 Å². The van der Waals surface area contributed by atoms with E-state index in [4.69, 9.17) is 9.72 Å². The van der Waals surface area contributed by atoms with Gasteiger partial charge in [-0.3, -0.25) is 0 Å². The standard InChI is InChI=1S/C23H37NOS/c1-5-11-21(25-4)15-14-18(2)12-9-7-6-8-10-13-20-17-26-23(24-20)22-16-19(22)3/h7,9,12,17,19,21-22H,5-6,8,10-11,13-16H2,1-4H3/b9-7+,18-12+/t19?,21-,22?/m0/s1. The van der Waals surface area contributed by atoms with Gasteiger partial charge in [-0.1, -0.05) is 44.1 Å². The van der Waals surface area contributed by atoms with E-state index in [0.29, 0.717) is 6.10 Å². The van der Waals surface area contributed by atoms with Crippen LogP contribution in [0.4, 0.5) is 0 Å². The number of thiazole rings is 1. The van der Waals surface area contributed by atoms with E-state index in [1.54, 1.807) is 0 Å². The van der Waals surface area contributed by atoms with Crippen LogP contribution < -0.4 is 0 Å². The van der Waals surface area contributed by atoms with E-state index in [1.807, 2.05) is 18.4 Å². The molecule has 26 heavy (non-hydrogen) atoms. The first kappa shape index (κ1) is 21.4. The van der Waals surface area contributed by atoms with Gasteiger partial charge in [-0.15, -0.1) is 11.3 Å². The summed E-state index contributed by atoms with van der Waals surface area (Å²) >= 11 is 1.87. The van der Waals surface area contributed by atoms with Crippen molar-refractivity contribution in [1.82, 2.24) is 4.98 Å². The molecule has 1 aromatic rings. The van der Waals surface area contributed by atoms with Crippen molar-refractivity contribution in [2.75, 3.05) is 7.11 Å². The molecule has 2 rings (SSSR count). The monoisotopic (exact) mass is 375 g/mol. The average molecular weight is 376 g/mol. The zero-order chi connectivity index (χ0) is 18.8. The molecule has 1 aliphatic rings. The van der Waals surface area contributed by atoms with Crippen LogP contribution in [0.2, 0.25) is 0 Å². The van der Waals surface area contributed by atoms with Crippen molar-refractivity contribution in [3.05, 3.63) is 39.9 Å². The van der Waals surface area contributed by atoms with Crippen LogP contribution in [0.15, 0.2) is 29.2 Å². The number of methoxy groups -OCH3 is 1. The maximum atomic E-state index is 5.52. The maximum absolute atomic E-state index is 5.52. The van der Waals surface area contributed by atoms with E-state index in [-0.39, 0.29) is 0 Å². The molecule has 0 aromatic carbocycles. The van der Waals surface area contributed by atoms with Crippen molar-refractivity contribution in [3.8, 4) is 0 Å². The molecular formula is C23H37NOS. The highest BCUT2D eigenvalue weighted by molar-refractivity contribution is 7.09. The van der Waals surface area contributed by atoms with Crippen LogP contribution in [0.5, 0.6) is 0 Å². The fraction of sp³-hybridized carbons (Fsp3) is 0.696. The van der Waals surface area contributed by atoms with Crippen LogP contribution in [0.3, 0.4) is 0 Å². The van der Waals surface area contributed by atoms with E-state index < -0.39 is 0 Å². The van der Waals surface area contributed by atoms with Gasteiger partial charge in [0.15, 0.2) is 0 Å². The molecule has 1 fully saturated rings. The Bertz CT molecular complexity index is 575. The van der Waals surface area contributed by atoms with Crippen LogP contribution in [-0.2, 0) is 11.2 Å². The summed E-state index contributed by atoms with van der Waals surface area (Å²) < 4.78 is 5.52. The van der Waals surface area contributed by atoms with Gasteiger partial charge in [0.2, 0.25) is 0 Å². The van der Waals surface area contributed by atoms with Gasteiger partial charge in [0, 0.05) is 18.4 Å². The third-order valence-electron chi connectivity index (χ3n) is 5.37. The molecule has 0 saturated heterocycles. The normalized spacial score (nSPS) is 21.5. The Hall–Kier alpha value is -0.930. The van der Waals surface area contributed by atoms with Crippen LogP contribution in [0.25, 0.3) is 0 Å².